The normalized spacial score (nSPS) is 26.8. The van der Waals surface area contributed by atoms with Crippen molar-refractivity contribution in [2.45, 2.75) is 50.2 Å². The number of rotatable bonds is 3. The van der Waals surface area contributed by atoms with Crippen LogP contribution < -0.4 is 5.32 Å². The zero-order valence-corrected chi connectivity index (χ0v) is 16.4. The van der Waals surface area contributed by atoms with Crippen molar-refractivity contribution in [2.75, 3.05) is 7.11 Å². The summed E-state index contributed by atoms with van der Waals surface area (Å²) in [4.78, 5) is 26.2. The van der Waals surface area contributed by atoms with Crippen LogP contribution in [0.25, 0.3) is 11.1 Å². The number of amides is 1. The fourth-order valence-corrected chi connectivity index (χ4v) is 4.58. The van der Waals surface area contributed by atoms with Gasteiger partial charge in [0, 0.05) is 12.7 Å². The highest BCUT2D eigenvalue weighted by Gasteiger charge is 2.54. The maximum absolute atomic E-state index is 14.2. The summed E-state index contributed by atoms with van der Waals surface area (Å²) in [6.07, 6.45) is 2.62. The van der Waals surface area contributed by atoms with E-state index < -0.39 is 23.1 Å². The minimum atomic E-state index is -0.939. The SMILES string of the molecule is COC1CCC2(CC1)NC(=O)C(c1cc(-c3cc(F)ccc3F)ccc1C)C2=O. The molecule has 1 spiro atoms. The second kappa shape index (κ2) is 7.34. The van der Waals surface area contributed by atoms with Gasteiger partial charge < -0.3 is 10.1 Å². The Hall–Kier alpha value is -2.60. The second-order valence-corrected chi connectivity index (χ2v) is 8.00. The third-order valence-corrected chi connectivity index (χ3v) is 6.31. The van der Waals surface area contributed by atoms with Gasteiger partial charge in [-0.1, -0.05) is 12.1 Å². The van der Waals surface area contributed by atoms with Gasteiger partial charge in [0.15, 0.2) is 5.78 Å². The summed E-state index contributed by atoms with van der Waals surface area (Å²) in [6.45, 7) is 1.81. The van der Waals surface area contributed by atoms with E-state index >= 15 is 0 Å². The van der Waals surface area contributed by atoms with Gasteiger partial charge in [-0.3, -0.25) is 9.59 Å². The number of halogens is 2. The van der Waals surface area contributed by atoms with Crippen LogP contribution in [-0.4, -0.2) is 30.4 Å². The molecule has 4 rings (SSSR count). The molecule has 1 N–H and O–H groups in total. The van der Waals surface area contributed by atoms with Crippen molar-refractivity contribution in [1.82, 2.24) is 5.32 Å². The van der Waals surface area contributed by atoms with Crippen LogP contribution in [0.1, 0.15) is 42.7 Å². The van der Waals surface area contributed by atoms with Crippen molar-refractivity contribution in [3.63, 3.8) is 0 Å². The third-order valence-electron chi connectivity index (χ3n) is 6.31. The van der Waals surface area contributed by atoms with E-state index in [-0.39, 0.29) is 23.4 Å². The van der Waals surface area contributed by atoms with Crippen LogP contribution in [0.4, 0.5) is 8.78 Å². The maximum Gasteiger partial charge on any atom is 0.235 e. The molecule has 1 saturated heterocycles. The topological polar surface area (TPSA) is 55.4 Å². The van der Waals surface area contributed by atoms with Gasteiger partial charge in [-0.15, -0.1) is 0 Å². The lowest BCUT2D eigenvalue weighted by Crippen LogP contribution is -2.50. The van der Waals surface area contributed by atoms with E-state index in [1.54, 1.807) is 25.3 Å². The second-order valence-electron chi connectivity index (χ2n) is 8.00. The maximum atomic E-state index is 14.2. The van der Waals surface area contributed by atoms with Crippen molar-refractivity contribution < 1.29 is 23.1 Å². The van der Waals surface area contributed by atoms with Gasteiger partial charge in [0.25, 0.3) is 0 Å². The molecule has 1 amide bonds. The van der Waals surface area contributed by atoms with Crippen LogP contribution in [0.2, 0.25) is 0 Å². The van der Waals surface area contributed by atoms with Crippen LogP contribution in [0.15, 0.2) is 36.4 Å². The lowest BCUT2D eigenvalue weighted by Gasteiger charge is -2.35. The number of nitrogens with one attached hydrogen (secondary N) is 1. The summed E-state index contributed by atoms with van der Waals surface area (Å²) in [6, 6.07) is 8.29. The van der Waals surface area contributed by atoms with Crippen molar-refractivity contribution in [1.29, 1.82) is 0 Å². The predicted octanol–water partition coefficient (Wildman–Crippen LogP) is 4.05. The van der Waals surface area contributed by atoms with Gasteiger partial charge in [-0.2, -0.15) is 0 Å². The van der Waals surface area contributed by atoms with E-state index in [1.807, 2.05) is 6.92 Å². The molecule has 1 unspecified atom stereocenters. The molecule has 1 atom stereocenters. The first-order valence-electron chi connectivity index (χ1n) is 9.80. The molecule has 2 fully saturated rings. The quantitative estimate of drug-likeness (QED) is 0.793. The van der Waals surface area contributed by atoms with E-state index in [9.17, 15) is 18.4 Å². The highest BCUT2D eigenvalue weighted by Crippen LogP contribution is 2.41. The molecule has 0 aromatic heterocycles. The number of ether oxygens (including phenoxy) is 1. The fraction of sp³-hybridized carbons (Fsp3) is 0.391. The van der Waals surface area contributed by atoms with Gasteiger partial charge in [0.1, 0.15) is 17.6 Å². The fourth-order valence-electron chi connectivity index (χ4n) is 4.58. The lowest BCUT2D eigenvalue weighted by atomic mass is 9.75. The molecule has 2 aromatic carbocycles. The molecule has 1 aliphatic heterocycles. The molecule has 0 bridgehead atoms. The highest BCUT2D eigenvalue weighted by molar-refractivity contribution is 6.17. The van der Waals surface area contributed by atoms with Gasteiger partial charge >= 0.3 is 0 Å². The molecule has 0 radical (unpaired) electrons. The van der Waals surface area contributed by atoms with Crippen molar-refractivity contribution in [3.05, 3.63) is 59.2 Å². The average molecular weight is 399 g/mol. The number of methoxy groups -OCH3 is 1. The number of ketones is 1. The van der Waals surface area contributed by atoms with Gasteiger partial charge in [-0.05, 0) is 73.6 Å². The number of aryl methyl sites for hydroxylation is 1. The van der Waals surface area contributed by atoms with Crippen LogP contribution in [0.3, 0.4) is 0 Å². The summed E-state index contributed by atoms with van der Waals surface area (Å²) in [5, 5.41) is 2.94. The Morgan fingerprint density at radius 1 is 1.07 bits per heavy atom. The Morgan fingerprint density at radius 3 is 2.48 bits per heavy atom. The Bertz CT molecular complexity index is 980. The van der Waals surface area contributed by atoms with Crippen LogP contribution >= 0.6 is 0 Å². The number of Topliss-reactive ketones (excluding diaryl/α,β-unsaturated/α-hetero) is 1. The van der Waals surface area contributed by atoms with Crippen LogP contribution in [-0.2, 0) is 14.3 Å². The van der Waals surface area contributed by atoms with E-state index in [2.05, 4.69) is 5.32 Å². The van der Waals surface area contributed by atoms with E-state index in [4.69, 9.17) is 4.74 Å². The number of benzene rings is 2. The standard InChI is InChI=1S/C23H23F2NO3/c1-13-3-4-14(18-12-15(24)5-6-19(18)25)11-17(13)20-21(27)23(26-22(20)28)9-7-16(29-2)8-10-23/h3-6,11-12,16,20H,7-10H2,1-2H3,(H,26,28). The Morgan fingerprint density at radius 2 is 1.79 bits per heavy atom. The molecular weight excluding hydrogens is 376 g/mol. The Kier molecular flexibility index (Phi) is 4.99. The first kappa shape index (κ1) is 19.7. The Labute approximate surface area is 168 Å². The smallest absolute Gasteiger partial charge is 0.235 e. The Balaban J connectivity index is 1.71. The number of carbonyl (C=O) groups is 2. The molecule has 2 aromatic rings. The minimum absolute atomic E-state index is 0.102. The monoisotopic (exact) mass is 399 g/mol. The summed E-state index contributed by atoms with van der Waals surface area (Å²) < 4.78 is 33.3. The molecule has 2 aliphatic rings. The average Bonchev–Trinajstić information content (AvgIpc) is 2.94. The van der Waals surface area contributed by atoms with Crippen molar-refractivity contribution in [2.24, 2.45) is 0 Å². The van der Waals surface area contributed by atoms with E-state index in [0.29, 0.717) is 36.8 Å². The summed E-state index contributed by atoms with van der Waals surface area (Å²) in [5.41, 5.74) is 0.990. The molecule has 4 nitrogen and oxygen atoms in total. The number of hydrogen-bond donors (Lipinski definition) is 1. The molecule has 29 heavy (non-hydrogen) atoms. The molecule has 152 valence electrons. The largest absolute Gasteiger partial charge is 0.381 e. The summed E-state index contributed by atoms with van der Waals surface area (Å²) in [7, 11) is 1.65. The molecule has 1 aliphatic carbocycles. The van der Waals surface area contributed by atoms with E-state index in [0.717, 1.165) is 23.8 Å². The first-order valence-corrected chi connectivity index (χ1v) is 9.80. The zero-order chi connectivity index (χ0) is 20.8. The predicted molar refractivity (Wildman–Crippen MR) is 104 cm³/mol. The molecule has 6 heteroatoms. The lowest BCUT2D eigenvalue weighted by molar-refractivity contribution is -0.126. The zero-order valence-electron chi connectivity index (χ0n) is 16.4. The molecule has 1 saturated carbocycles. The summed E-state index contributed by atoms with van der Waals surface area (Å²) >= 11 is 0. The van der Waals surface area contributed by atoms with Crippen molar-refractivity contribution >= 4 is 11.7 Å². The van der Waals surface area contributed by atoms with Gasteiger partial charge in [0.05, 0.1) is 11.6 Å². The third kappa shape index (κ3) is 3.35. The van der Waals surface area contributed by atoms with Crippen LogP contribution in [0, 0.1) is 18.6 Å². The summed E-state index contributed by atoms with van der Waals surface area (Å²) in [5.74, 6) is -2.52. The first-order chi connectivity index (χ1) is 13.8. The molecule has 1 heterocycles. The van der Waals surface area contributed by atoms with Gasteiger partial charge in [0.2, 0.25) is 5.91 Å². The minimum Gasteiger partial charge on any atom is -0.381 e. The molecular formula is C23H23F2NO3. The van der Waals surface area contributed by atoms with Gasteiger partial charge in [-0.25, -0.2) is 8.78 Å². The number of hydrogen-bond acceptors (Lipinski definition) is 3. The van der Waals surface area contributed by atoms with Crippen LogP contribution in [0.5, 0.6) is 0 Å². The number of carbonyl (C=O) groups excluding carboxylic acids is 2. The van der Waals surface area contributed by atoms with E-state index in [1.165, 1.54) is 0 Å². The van der Waals surface area contributed by atoms with Crippen molar-refractivity contribution in [3.8, 4) is 11.1 Å². The highest BCUT2D eigenvalue weighted by atomic mass is 19.1.